The summed E-state index contributed by atoms with van der Waals surface area (Å²) in [5.41, 5.74) is 1.05. The van der Waals surface area contributed by atoms with Gasteiger partial charge in [-0.2, -0.15) is 13.2 Å². The third-order valence-electron chi connectivity index (χ3n) is 3.40. The van der Waals surface area contributed by atoms with Gasteiger partial charge in [0.2, 0.25) is 5.91 Å². The summed E-state index contributed by atoms with van der Waals surface area (Å²) in [5.74, 6) is -0.849. The van der Waals surface area contributed by atoms with E-state index in [1.807, 2.05) is 0 Å². The first-order valence-corrected chi connectivity index (χ1v) is 7.25. The second-order valence-corrected chi connectivity index (χ2v) is 5.30. The van der Waals surface area contributed by atoms with Gasteiger partial charge in [-0.15, -0.1) is 0 Å². The number of anilines is 2. The molecule has 0 aliphatic heterocycles. The number of hydrogen-bond donors (Lipinski definition) is 2. The highest BCUT2D eigenvalue weighted by Crippen LogP contribution is 2.28. The molecule has 0 aromatic heterocycles. The fourth-order valence-corrected chi connectivity index (χ4v) is 2.06. The van der Waals surface area contributed by atoms with E-state index < -0.39 is 17.8 Å². The van der Waals surface area contributed by atoms with Crippen molar-refractivity contribution in [1.82, 2.24) is 0 Å². The van der Waals surface area contributed by atoms with Crippen molar-refractivity contribution in [1.29, 1.82) is 0 Å². The smallest absolute Gasteiger partial charge is 0.351 e. The van der Waals surface area contributed by atoms with E-state index in [2.05, 4.69) is 10.6 Å². The lowest BCUT2D eigenvalue weighted by Crippen LogP contribution is -2.22. The van der Waals surface area contributed by atoms with Crippen molar-refractivity contribution in [3.05, 3.63) is 71.4 Å². The summed E-state index contributed by atoms with van der Waals surface area (Å²) < 4.78 is 39.6. The molecule has 0 heterocycles. The third kappa shape index (κ3) is 4.62. The van der Waals surface area contributed by atoms with Crippen molar-refractivity contribution in [2.24, 2.45) is 0 Å². The van der Waals surface area contributed by atoms with Crippen molar-refractivity contribution in [3.63, 3.8) is 0 Å². The average Bonchev–Trinajstić information content (AvgIpc) is 2.50. The number of carbonyl (C=O) groups is 1. The number of halogens is 3. The number of para-hydroxylation sites is 2. The molecule has 0 fully saturated rings. The third-order valence-corrected chi connectivity index (χ3v) is 3.40. The van der Waals surface area contributed by atoms with Crippen LogP contribution in [0.3, 0.4) is 0 Å². The Morgan fingerprint density at radius 1 is 0.875 bits per heavy atom. The van der Waals surface area contributed by atoms with Crippen molar-refractivity contribution >= 4 is 17.3 Å². The van der Waals surface area contributed by atoms with E-state index in [-0.39, 0.29) is 0 Å². The van der Waals surface area contributed by atoms with Gasteiger partial charge in [-0.3, -0.25) is 4.79 Å². The number of alkyl halides is 3. The van der Waals surface area contributed by atoms with Crippen LogP contribution in [-0.4, -0.2) is 12.1 Å². The molecular weight excluding hydrogens is 317 g/mol. The Morgan fingerprint density at radius 2 is 1.33 bits per heavy atom. The van der Waals surface area contributed by atoms with Crippen LogP contribution in [-0.2, 0) is 4.79 Å². The van der Waals surface area contributed by atoms with Crippen LogP contribution in [0.25, 0.3) is 0 Å². The van der Waals surface area contributed by atoms with Crippen molar-refractivity contribution in [3.8, 4) is 0 Å². The van der Waals surface area contributed by atoms with E-state index in [1.54, 1.807) is 56.3 Å². The molecule has 0 saturated carbocycles. The first-order valence-electron chi connectivity index (χ1n) is 7.25. The highest BCUT2D eigenvalue weighted by atomic mass is 19.4. The Kier molecular flexibility index (Phi) is 5.28. The van der Waals surface area contributed by atoms with Crippen LogP contribution in [0.4, 0.5) is 24.5 Å². The van der Waals surface area contributed by atoms with Gasteiger partial charge in [-0.25, -0.2) is 0 Å². The van der Waals surface area contributed by atoms with Crippen molar-refractivity contribution < 1.29 is 18.0 Å². The minimum absolute atomic E-state index is 0.296. The molecule has 24 heavy (non-hydrogen) atoms. The molecule has 0 bridgehead atoms. The van der Waals surface area contributed by atoms with Crippen molar-refractivity contribution in [2.45, 2.75) is 20.0 Å². The average molecular weight is 334 g/mol. The first kappa shape index (κ1) is 17.6. The van der Waals surface area contributed by atoms with Gasteiger partial charge in [0.1, 0.15) is 5.70 Å². The first-order chi connectivity index (χ1) is 11.3. The second kappa shape index (κ2) is 7.21. The van der Waals surface area contributed by atoms with E-state index in [9.17, 15) is 18.0 Å². The van der Waals surface area contributed by atoms with Gasteiger partial charge in [0.25, 0.3) is 0 Å². The Balaban J connectivity index is 2.24. The summed E-state index contributed by atoms with van der Waals surface area (Å²) in [5, 5.41) is 4.75. The molecular formula is C18H17F3N2O. The molecule has 0 radical (unpaired) electrons. The second-order valence-electron chi connectivity index (χ2n) is 5.30. The Bertz CT molecular complexity index is 767. The summed E-state index contributed by atoms with van der Waals surface area (Å²) in [6.07, 6.45) is -4.15. The lowest BCUT2D eigenvalue weighted by atomic mass is 10.2. The standard InChI is InChI=1S/C18H17F3N2O/c1-12-7-3-5-9-14(12)22-16(18(19,20)21)11-17(24)23-15-10-6-4-8-13(15)2/h3-11,22H,1-2H3,(H,23,24). The molecule has 0 aliphatic carbocycles. The summed E-state index contributed by atoms with van der Waals surface area (Å²) in [7, 11) is 0. The minimum Gasteiger partial charge on any atom is -0.351 e. The predicted molar refractivity (Wildman–Crippen MR) is 88.7 cm³/mol. The van der Waals surface area contributed by atoms with E-state index >= 15 is 0 Å². The predicted octanol–water partition coefficient (Wildman–Crippen LogP) is 4.80. The van der Waals surface area contributed by atoms with Gasteiger partial charge in [0, 0.05) is 17.5 Å². The number of rotatable bonds is 4. The molecule has 0 saturated heterocycles. The van der Waals surface area contributed by atoms with Gasteiger partial charge in [-0.05, 0) is 37.1 Å². The van der Waals surface area contributed by atoms with Crippen LogP contribution in [0.5, 0.6) is 0 Å². The fourth-order valence-electron chi connectivity index (χ4n) is 2.06. The van der Waals surface area contributed by atoms with E-state index in [1.165, 1.54) is 6.07 Å². The molecule has 2 aromatic rings. The molecule has 0 atom stereocenters. The molecule has 0 spiro atoms. The quantitative estimate of drug-likeness (QED) is 0.789. The fraction of sp³-hybridized carbons (Fsp3) is 0.167. The number of amides is 1. The molecule has 6 heteroatoms. The summed E-state index contributed by atoms with van der Waals surface area (Å²) >= 11 is 0. The van der Waals surface area contributed by atoms with Crippen LogP contribution < -0.4 is 10.6 Å². The lowest BCUT2D eigenvalue weighted by molar-refractivity contribution is -0.113. The zero-order chi connectivity index (χ0) is 17.7. The van der Waals surface area contributed by atoms with Crippen LogP contribution in [0, 0.1) is 13.8 Å². The zero-order valence-corrected chi connectivity index (χ0v) is 13.2. The molecule has 2 rings (SSSR count). The highest BCUT2D eigenvalue weighted by molar-refractivity contribution is 6.00. The Morgan fingerprint density at radius 3 is 1.79 bits per heavy atom. The maximum atomic E-state index is 13.2. The van der Waals surface area contributed by atoms with Gasteiger partial charge >= 0.3 is 6.18 Å². The number of hydrogen-bond acceptors (Lipinski definition) is 2. The van der Waals surface area contributed by atoms with Gasteiger partial charge < -0.3 is 10.6 Å². The van der Waals surface area contributed by atoms with E-state index in [0.29, 0.717) is 23.0 Å². The number of aryl methyl sites for hydroxylation is 2. The van der Waals surface area contributed by atoms with Crippen LogP contribution >= 0.6 is 0 Å². The molecule has 0 aliphatic rings. The largest absolute Gasteiger partial charge is 0.431 e. The molecule has 3 nitrogen and oxygen atoms in total. The number of allylic oxidation sites excluding steroid dienone is 1. The van der Waals surface area contributed by atoms with Gasteiger partial charge in [-0.1, -0.05) is 36.4 Å². The van der Waals surface area contributed by atoms with Crippen LogP contribution in [0.2, 0.25) is 0 Å². The molecule has 2 N–H and O–H groups in total. The zero-order valence-electron chi connectivity index (χ0n) is 13.2. The maximum absolute atomic E-state index is 13.2. The van der Waals surface area contributed by atoms with Gasteiger partial charge in [0.05, 0.1) is 0 Å². The summed E-state index contributed by atoms with van der Waals surface area (Å²) in [6.45, 7) is 3.44. The summed E-state index contributed by atoms with van der Waals surface area (Å²) in [6, 6.07) is 13.4. The number of carbonyl (C=O) groups excluding carboxylic acids is 1. The van der Waals surface area contributed by atoms with Crippen LogP contribution in [0.1, 0.15) is 11.1 Å². The Hall–Kier alpha value is -2.76. The minimum atomic E-state index is -4.68. The normalized spacial score (nSPS) is 12.0. The molecule has 2 aromatic carbocycles. The number of nitrogens with one attached hydrogen (secondary N) is 2. The molecule has 1 amide bonds. The highest BCUT2D eigenvalue weighted by Gasteiger charge is 2.35. The molecule has 0 unspecified atom stereocenters. The van der Waals surface area contributed by atoms with E-state index in [0.717, 1.165) is 5.56 Å². The Labute approximate surface area is 138 Å². The summed E-state index contributed by atoms with van der Waals surface area (Å²) in [4.78, 5) is 12.0. The number of benzene rings is 2. The van der Waals surface area contributed by atoms with Gasteiger partial charge in [0.15, 0.2) is 0 Å². The maximum Gasteiger partial charge on any atom is 0.431 e. The monoisotopic (exact) mass is 334 g/mol. The van der Waals surface area contributed by atoms with Crippen LogP contribution in [0.15, 0.2) is 60.3 Å². The topological polar surface area (TPSA) is 41.1 Å². The molecule has 126 valence electrons. The SMILES string of the molecule is Cc1ccccc1NC(=O)C=C(Nc1ccccc1C)C(F)(F)F. The van der Waals surface area contributed by atoms with E-state index in [4.69, 9.17) is 0 Å². The van der Waals surface area contributed by atoms with Crippen molar-refractivity contribution in [2.75, 3.05) is 10.6 Å². The lowest BCUT2D eigenvalue weighted by Gasteiger charge is -2.16.